The fourth-order valence-corrected chi connectivity index (χ4v) is 4.94. The van der Waals surface area contributed by atoms with Gasteiger partial charge >= 0.3 is 0 Å². The highest BCUT2D eigenvalue weighted by atomic mass is 32.2. The van der Waals surface area contributed by atoms with Crippen molar-refractivity contribution >= 4 is 29.0 Å². The Morgan fingerprint density at radius 1 is 1.50 bits per heavy atom. The molecule has 0 radical (unpaired) electrons. The summed E-state index contributed by atoms with van der Waals surface area (Å²) in [6, 6.07) is 2.27. The minimum Gasteiger partial charge on any atom is -0.336 e. The number of thioether (sulfide) groups is 1. The molecule has 2 aliphatic rings. The van der Waals surface area contributed by atoms with E-state index in [1.54, 1.807) is 11.3 Å². The Labute approximate surface area is 116 Å². The number of thiophene rings is 1. The molecule has 5 heteroatoms. The quantitative estimate of drug-likeness (QED) is 0.858. The Hall–Kier alpha value is -0.520. The van der Waals surface area contributed by atoms with Crippen molar-refractivity contribution in [1.82, 2.24) is 4.90 Å². The molecule has 98 valence electrons. The normalized spacial score (nSPS) is 23.8. The molecule has 3 rings (SSSR count). The van der Waals surface area contributed by atoms with Crippen molar-refractivity contribution in [2.45, 2.75) is 31.1 Å². The van der Waals surface area contributed by atoms with Crippen LogP contribution in [0.5, 0.6) is 0 Å². The number of hydrogen-bond donors (Lipinski definition) is 1. The van der Waals surface area contributed by atoms with Crippen LogP contribution >= 0.6 is 23.1 Å². The maximum atomic E-state index is 12.4. The highest BCUT2D eigenvalue weighted by Crippen LogP contribution is 2.32. The molecule has 1 amide bonds. The number of hydrogen-bond acceptors (Lipinski definition) is 4. The third-order valence-corrected chi connectivity index (χ3v) is 5.82. The van der Waals surface area contributed by atoms with Crippen LogP contribution in [0.15, 0.2) is 6.07 Å². The van der Waals surface area contributed by atoms with Crippen LogP contribution in [-0.4, -0.2) is 35.7 Å². The van der Waals surface area contributed by atoms with E-state index in [0.717, 1.165) is 43.0 Å². The molecule has 1 atom stereocenters. The van der Waals surface area contributed by atoms with Gasteiger partial charge in [-0.3, -0.25) is 4.79 Å². The van der Waals surface area contributed by atoms with Gasteiger partial charge in [-0.25, -0.2) is 0 Å². The topological polar surface area (TPSA) is 46.3 Å². The number of fused-ring (bicyclic) bond motifs is 1. The van der Waals surface area contributed by atoms with E-state index in [4.69, 9.17) is 5.73 Å². The van der Waals surface area contributed by atoms with E-state index in [9.17, 15) is 4.79 Å². The maximum Gasteiger partial charge on any atom is 0.263 e. The lowest BCUT2D eigenvalue weighted by atomic mass is 10.1. The zero-order chi connectivity index (χ0) is 12.5. The Bertz CT molecular complexity index is 434. The molecule has 1 saturated heterocycles. The standard InChI is InChI=1S/C13H18N2OS2/c14-10-2-1-4-15(7-10)13(16)12-6-9-8-17-5-3-11(9)18-12/h6,10H,1-5,7-8,14H2/t10-/m1/s1. The molecule has 0 saturated carbocycles. The summed E-state index contributed by atoms with van der Waals surface area (Å²) in [6.45, 7) is 1.58. The Morgan fingerprint density at radius 2 is 2.39 bits per heavy atom. The average Bonchev–Trinajstić information content (AvgIpc) is 2.81. The lowest BCUT2D eigenvalue weighted by Crippen LogP contribution is -2.45. The summed E-state index contributed by atoms with van der Waals surface area (Å²) >= 11 is 3.65. The van der Waals surface area contributed by atoms with E-state index < -0.39 is 0 Å². The van der Waals surface area contributed by atoms with Gasteiger partial charge in [0.2, 0.25) is 0 Å². The van der Waals surface area contributed by atoms with Crippen molar-refractivity contribution in [3.05, 3.63) is 21.4 Å². The highest BCUT2D eigenvalue weighted by Gasteiger charge is 2.25. The number of amides is 1. The van der Waals surface area contributed by atoms with E-state index in [2.05, 4.69) is 6.07 Å². The second-order valence-electron chi connectivity index (χ2n) is 5.02. The molecular formula is C13H18N2OS2. The second-order valence-corrected chi connectivity index (χ2v) is 7.26. The molecular weight excluding hydrogens is 264 g/mol. The van der Waals surface area contributed by atoms with Crippen molar-refractivity contribution in [3.63, 3.8) is 0 Å². The Kier molecular flexibility index (Phi) is 3.63. The molecule has 0 spiro atoms. The van der Waals surface area contributed by atoms with Crippen molar-refractivity contribution in [2.24, 2.45) is 5.73 Å². The fraction of sp³-hybridized carbons (Fsp3) is 0.615. The minimum absolute atomic E-state index is 0.160. The summed E-state index contributed by atoms with van der Waals surface area (Å²) in [5.74, 6) is 2.45. The lowest BCUT2D eigenvalue weighted by Gasteiger charge is -2.30. The van der Waals surface area contributed by atoms with Gasteiger partial charge in [-0.05, 0) is 36.6 Å². The first-order chi connectivity index (χ1) is 8.74. The van der Waals surface area contributed by atoms with Crippen molar-refractivity contribution in [2.75, 3.05) is 18.8 Å². The van der Waals surface area contributed by atoms with E-state index in [1.165, 1.54) is 16.2 Å². The van der Waals surface area contributed by atoms with Crippen LogP contribution in [-0.2, 0) is 12.2 Å². The number of nitrogens with zero attached hydrogens (tertiary/aromatic N) is 1. The molecule has 1 aromatic rings. The number of carbonyl (C=O) groups excluding carboxylic acids is 1. The smallest absolute Gasteiger partial charge is 0.263 e. The van der Waals surface area contributed by atoms with E-state index in [1.807, 2.05) is 16.7 Å². The van der Waals surface area contributed by atoms with Crippen LogP contribution in [0.25, 0.3) is 0 Å². The minimum atomic E-state index is 0.160. The van der Waals surface area contributed by atoms with Crippen LogP contribution in [0, 0.1) is 0 Å². The summed E-state index contributed by atoms with van der Waals surface area (Å²) in [4.78, 5) is 16.7. The summed E-state index contributed by atoms with van der Waals surface area (Å²) in [5, 5.41) is 0. The van der Waals surface area contributed by atoms with Gasteiger partial charge < -0.3 is 10.6 Å². The number of nitrogens with two attached hydrogens (primary N) is 1. The first-order valence-corrected chi connectivity index (χ1v) is 8.45. The van der Waals surface area contributed by atoms with E-state index in [0.29, 0.717) is 0 Å². The largest absolute Gasteiger partial charge is 0.336 e. The van der Waals surface area contributed by atoms with Crippen molar-refractivity contribution in [1.29, 1.82) is 0 Å². The second kappa shape index (κ2) is 5.23. The Balaban J connectivity index is 1.77. The summed E-state index contributed by atoms with van der Waals surface area (Å²) in [7, 11) is 0. The third-order valence-electron chi connectivity index (χ3n) is 3.58. The van der Waals surface area contributed by atoms with Gasteiger partial charge in [-0.1, -0.05) is 0 Å². The molecule has 3 nitrogen and oxygen atoms in total. The molecule has 0 unspecified atom stereocenters. The molecule has 0 aromatic carbocycles. The maximum absolute atomic E-state index is 12.4. The van der Waals surface area contributed by atoms with Gasteiger partial charge in [0.1, 0.15) is 0 Å². The summed E-state index contributed by atoms with van der Waals surface area (Å²) in [5.41, 5.74) is 7.32. The predicted molar refractivity (Wildman–Crippen MR) is 77.3 cm³/mol. The molecule has 2 N–H and O–H groups in total. The number of piperidine rings is 1. The molecule has 1 aromatic heterocycles. The van der Waals surface area contributed by atoms with E-state index >= 15 is 0 Å². The molecule has 3 heterocycles. The molecule has 18 heavy (non-hydrogen) atoms. The highest BCUT2D eigenvalue weighted by molar-refractivity contribution is 7.98. The van der Waals surface area contributed by atoms with Crippen molar-refractivity contribution < 1.29 is 4.79 Å². The number of aryl methyl sites for hydroxylation is 1. The first kappa shape index (κ1) is 12.5. The van der Waals surface area contributed by atoms with Gasteiger partial charge in [0.15, 0.2) is 0 Å². The lowest BCUT2D eigenvalue weighted by molar-refractivity contribution is 0.0713. The van der Waals surface area contributed by atoms with E-state index in [-0.39, 0.29) is 11.9 Å². The number of likely N-dealkylation sites (tertiary alicyclic amines) is 1. The van der Waals surface area contributed by atoms with Crippen LogP contribution in [0.4, 0.5) is 0 Å². The average molecular weight is 282 g/mol. The molecule has 1 fully saturated rings. The van der Waals surface area contributed by atoms with Crippen LogP contribution in [0.3, 0.4) is 0 Å². The number of carbonyl (C=O) groups is 1. The fourth-order valence-electron chi connectivity index (χ4n) is 2.60. The monoisotopic (exact) mass is 282 g/mol. The third kappa shape index (κ3) is 2.44. The molecule has 0 bridgehead atoms. The number of rotatable bonds is 1. The predicted octanol–water partition coefficient (Wildman–Crippen LogP) is 2.10. The van der Waals surface area contributed by atoms with Crippen LogP contribution in [0.2, 0.25) is 0 Å². The Morgan fingerprint density at radius 3 is 3.17 bits per heavy atom. The first-order valence-electron chi connectivity index (χ1n) is 6.48. The van der Waals surface area contributed by atoms with Gasteiger partial charge in [-0.2, -0.15) is 11.8 Å². The van der Waals surface area contributed by atoms with Gasteiger partial charge in [0, 0.05) is 29.8 Å². The molecule has 0 aliphatic carbocycles. The summed E-state index contributed by atoms with van der Waals surface area (Å²) < 4.78 is 0. The summed E-state index contributed by atoms with van der Waals surface area (Å²) in [6.07, 6.45) is 3.20. The molecule has 2 aliphatic heterocycles. The van der Waals surface area contributed by atoms with Gasteiger partial charge in [0.05, 0.1) is 4.88 Å². The zero-order valence-corrected chi connectivity index (χ0v) is 12.0. The van der Waals surface area contributed by atoms with Crippen LogP contribution in [0.1, 0.15) is 33.0 Å². The van der Waals surface area contributed by atoms with Crippen molar-refractivity contribution in [3.8, 4) is 0 Å². The SMILES string of the molecule is N[C@@H]1CCCN(C(=O)c2cc3c(s2)CCSC3)C1. The van der Waals surface area contributed by atoms with Gasteiger partial charge in [-0.15, -0.1) is 11.3 Å². The van der Waals surface area contributed by atoms with Gasteiger partial charge in [0.25, 0.3) is 5.91 Å². The van der Waals surface area contributed by atoms with Crippen LogP contribution < -0.4 is 5.73 Å². The zero-order valence-electron chi connectivity index (χ0n) is 10.4.